The quantitative estimate of drug-likeness (QED) is 0.835. The van der Waals surface area contributed by atoms with Gasteiger partial charge in [0.25, 0.3) is 0 Å². The molecule has 5 heteroatoms. The number of carbonyl (C=O) groups is 1. The summed E-state index contributed by atoms with van der Waals surface area (Å²) in [5, 5.41) is 2.85. The van der Waals surface area contributed by atoms with Crippen molar-refractivity contribution < 1.29 is 4.79 Å². The molecule has 2 saturated heterocycles. The topological polar surface area (TPSA) is 48.5 Å². The molecule has 0 aliphatic carbocycles. The van der Waals surface area contributed by atoms with Crippen LogP contribution >= 0.6 is 0 Å². The number of rotatable bonds is 3. The number of pyridine rings is 1. The van der Waals surface area contributed by atoms with Gasteiger partial charge in [0.1, 0.15) is 5.82 Å². The van der Waals surface area contributed by atoms with E-state index in [-0.39, 0.29) is 5.91 Å². The molecule has 2 atom stereocenters. The molecule has 5 nitrogen and oxygen atoms in total. The van der Waals surface area contributed by atoms with E-state index < -0.39 is 0 Å². The summed E-state index contributed by atoms with van der Waals surface area (Å²) < 4.78 is 0. The Hall–Kier alpha value is -1.46. The van der Waals surface area contributed by atoms with Gasteiger partial charge in [-0.2, -0.15) is 0 Å². The van der Waals surface area contributed by atoms with E-state index in [0.717, 1.165) is 18.7 Å². The average Bonchev–Trinajstić information content (AvgIpc) is 2.31. The summed E-state index contributed by atoms with van der Waals surface area (Å²) in [5.41, 5.74) is 1.10. The molecule has 2 aliphatic heterocycles. The Morgan fingerprint density at radius 2 is 2.33 bits per heavy atom. The first-order valence-corrected chi connectivity index (χ1v) is 6.30. The van der Waals surface area contributed by atoms with Crippen LogP contribution in [0, 0.1) is 6.92 Å². The van der Waals surface area contributed by atoms with Crippen molar-refractivity contribution in [2.75, 3.05) is 32.0 Å². The van der Waals surface area contributed by atoms with Gasteiger partial charge in [0, 0.05) is 31.4 Å². The van der Waals surface area contributed by atoms with Gasteiger partial charge < -0.3 is 5.32 Å². The van der Waals surface area contributed by atoms with Crippen molar-refractivity contribution in [3.05, 3.63) is 23.9 Å². The van der Waals surface area contributed by atoms with Crippen molar-refractivity contribution in [1.82, 2.24) is 14.8 Å². The number of fused-ring (bicyclic) bond motifs is 1. The van der Waals surface area contributed by atoms with Crippen molar-refractivity contribution in [3.8, 4) is 0 Å². The van der Waals surface area contributed by atoms with Crippen LogP contribution in [0.5, 0.6) is 0 Å². The molecule has 2 unspecified atom stereocenters. The lowest BCUT2D eigenvalue weighted by Crippen LogP contribution is -2.78. The number of piperazine rings is 1. The molecular weight excluding hydrogens is 228 g/mol. The second-order valence-electron chi connectivity index (χ2n) is 5.27. The molecule has 0 saturated carbocycles. The summed E-state index contributed by atoms with van der Waals surface area (Å²) in [7, 11) is 2.13. The third kappa shape index (κ3) is 2.00. The lowest BCUT2D eigenvalue weighted by Gasteiger charge is -2.60. The molecular formula is C13H18N4O. The van der Waals surface area contributed by atoms with Crippen molar-refractivity contribution in [1.29, 1.82) is 0 Å². The summed E-state index contributed by atoms with van der Waals surface area (Å²) in [6, 6.07) is 5.06. The highest BCUT2D eigenvalue weighted by atomic mass is 16.2. The van der Waals surface area contributed by atoms with Crippen LogP contribution in [-0.4, -0.2) is 59.5 Å². The highest BCUT2D eigenvalue weighted by molar-refractivity contribution is 5.91. The Morgan fingerprint density at radius 3 is 2.94 bits per heavy atom. The number of aromatic nitrogens is 1. The lowest BCUT2D eigenvalue weighted by molar-refractivity contribution is -0.134. The van der Waals surface area contributed by atoms with Crippen LogP contribution < -0.4 is 5.32 Å². The van der Waals surface area contributed by atoms with E-state index in [1.165, 1.54) is 0 Å². The minimum Gasteiger partial charge on any atom is -0.310 e. The molecule has 0 aromatic carbocycles. The van der Waals surface area contributed by atoms with Gasteiger partial charge in [-0.15, -0.1) is 0 Å². The van der Waals surface area contributed by atoms with Gasteiger partial charge in [-0.1, -0.05) is 0 Å². The van der Waals surface area contributed by atoms with Gasteiger partial charge in [-0.25, -0.2) is 4.98 Å². The van der Waals surface area contributed by atoms with Gasteiger partial charge in [0.05, 0.1) is 6.54 Å². The Balaban J connectivity index is 1.51. The molecule has 2 fully saturated rings. The second-order valence-corrected chi connectivity index (χ2v) is 5.27. The fourth-order valence-electron chi connectivity index (χ4n) is 2.72. The Morgan fingerprint density at radius 1 is 1.50 bits per heavy atom. The van der Waals surface area contributed by atoms with E-state index in [9.17, 15) is 4.79 Å². The third-order valence-corrected chi connectivity index (χ3v) is 3.91. The van der Waals surface area contributed by atoms with Crippen LogP contribution in [0.25, 0.3) is 0 Å². The molecule has 2 aliphatic rings. The zero-order valence-corrected chi connectivity index (χ0v) is 10.8. The molecule has 3 heterocycles. The standard InChI is InChI=1S/C13H18N4O/c1-9-3-4-14-12(5-9)15-13(18)8-17-7-10-11(17)6-16(10)2/h3-5,10-11H,6-8H2,1-2H3,(H,14,15,18). The minimum atomic E-state index is 0.0288. The van der Waals surface area contributed by atoms with Crippen LogP contribution in [0.4, 0.5) is 5.82 Å². The predicted molar refractivity (Wildman–Crippen MR) is 69.4 cm³/mol. The molecule has 0 radical (unpaired) electrons. The minimum absolute atomic E-state index is 0.0288. The first-order chi connectivity index (χ1) is 8.63. The molecule has 1 N–H and O–H groups in total. The Kier molecular flexibility index (Phi) is 2.80. The van der Waals surface area contributed by atoms with Gasteiger partial charge in [-0.05, 0) is 31.7 Å². The van der Waals surface area contributed by atoms with Gasteiger partial charge in [0.2, 0.25) is 5.91 Å². The van der Waals surface area contributed by atoms with Gasteiger partial charge >= 0.3 is 0 Å². The lowest BCUT2D eigenvalue weighted by atomic mass is 9.86. The Bertz CT molecular complexity index is 476. The number of hydrogen-bond acceptors (Lipinski definition) is 4. The number of likely N-dealkylation sites (N-methyl/N-ethyl adjacent to an activating group) is 1. The number of aryl methyl sites for hydroxylation is 1. The van der Waals surface area contributed by atoms with E-state index in [2.05, 4.69) is 27.1 Å². The summed E-state index contributed by atoms with van der Waals surface area (Å²) in [6.45, 7) is 4.56. The van der Waals surface area contributed by atoms with Crippen LogP contribution in [-0.2, 0) is 4.79 Å². The monoisotopic (exact) mass is 246 g/mol. The molecule has 1 aromatic rings. The molecule has 18 heavy (non-hydrogen) atoms. The van der Waals surface area contributed by atoms with Crippen molar-refractivity contribution in [2.24, 2.45) is 0 Å². The SMILES string of the molecule is Cc1ccnc(NC(=O)CN2CC3C2CN3C)c1. The molecule has 1 amide bonds. The van der Waals surface area contributed by atoms with E-state index >= 15 is 0 Å². The summed E-state index contributed by atoms with van der Waals surface area (Å²) in [6.07, 6.45) is 1.71. The third-order valence-electron chi connectivity index (χ3n) is 3.91. The van der Waals surface area contributed by atoms with Crippen LogP contribution in [0.3, 0.4) is 0 Å². The number of likely N-dealkylation sites (tertiary alicyclic amines) is 2. The first-order valence-electron chi connectivity index (χ1n) is 6.30. The molecule has 1 aromatic heterocycles. The number of nitrogens with one attached hydrogen (secondary N) is 1. The first kappa shape index (κ1) is 11.6. The van der Waals surface area contributed by atoms with E-state index in [1.54, 1.807) is 6.20 Å². The van der Waals surface area contributed by atoms with Crippen LogP contribution in [0.15, 0.2) is 18.3 Å². The number of amides is 1. The zero-order valence-electron chi connectivity index (χ0n) is 10.8. The maximum atomic E-state index is 11.9. The number of carbonyl (C=O) groups excluding carboxylic acids is 1. The molecule has 0 bridgehead atoms. The highest BCUT2D eigenvalue weighted by Gasteiger charge is 2.49. The van der Waals surface area contributed by atoms with E-state index in [1.807, 2.05) is 19.1 Å². The van der Waals surface area contributed by atoms with Crippen LogP contribution in [0.2, 0.25) is 0 Å². The van der Waals surface area contributed by atoms with Crippen LogP contribution in [0.1, 0.15) is 5.56 Å². The fraction of sp³-hybridized carbons (Fsp3) is 0.538. The molecule has 0 spiro atoms. The maximum absolute atomic E-state index is 11.9. The number of hydrogen-bond donors (Lipinski definition) is 1. The molecule has 96 valence electrons. The fourth-order valence-corrected chi connectivity index (χ4v) is 2.72. The number of anilines is 1. The summed E-state index contributed by atoms with van der Waals surface area (Å²) in [5.74, 6) is 0.670. The highest BCUT2D eigenvalue weighted by Crippen LogP contribution is 2.31. The normalized spacial score (nSPS) is 27.0. The summed E-state index contributed by atoms with van der Waals surface area (Å²) >= 11 is 0. The smallest absolute Gasteiger partial charge is 0.239 e. The average molecular weight is 246 g/mol. The van der Waals surface area contributed by atoms with Crippen molar-refractivity contribution in [2.45, 2.75) is 19.0 Å². The molecule has 3 rings (SSSR count). The predicted octanol–water partition coefficient (Wildman–Crippen LogP) is 0.327. The largest absolute Gasteiger partial charge is 0.310 e. The van der Waals surface area contributed by atoms with Crippen molar-refractivity contribution in [3.63, 3.8) is 0 Å². The zero-order chi connectivity index (χ0) is 12.7. The summed E-state index contributed by atoms with van der Waals surface area (Å²) in [4.78, 5) is 20.6. The van der Waals surface area contributed by atoms with E-state index in [4.69, 9.17) is 0 Å². The second kappa shape index (κ2) is 4.33. The maximum Gasteiger partial charge on any atom is 0.239 e. The Labute approximate surface area is 107 Å². The van der Waals surface area contributed by atoms with Gasteiger partial charge in [0.15, 0.2) is 0 Å². The number of nitrogens with zero attached hydrogens (tertiary/aromatic N) is 3. The van der Waals surface area contributed by atoms with Gasteiger partial charge in [-0.3, -0.25) is 14.6 Å². The van der Waals surface area contributed by atoms with E-state index in [0.29, 0.717) is 24.4 Å². The van der Waals surface area contributed by atoms with Crippen molar-refractivity contribution >= 4 is 11.7 Å².